The van der Waals surface area contributed by atoms with Gasteiger partial charge in [0.25, 0.3) is 0 Å². The summed E-state index contributed by atoms with van der Waals surface area (Å²) in [6.45, 7) is 3.31. The molecule has 4 N–H and O–H groups in total. The second-order valence-electron chi connectivity index (χ2n) is 5.26. The zero-order valence-electron chi connectivity index (χ0n) is 11.7. The lowest BCUT2D eigenvalue weighted by molar-refractivity contribution is 0.191. The zero-order chi connectivity index (χ0) is 14.0. The Morgan fingerprint density at radius 3 is 2.89 bits per heavy atom. The van der Waals surface area contributed by atoms with Crippen LogP contribution in [0.3, 0.4) is 0 Å². The monoisotopic (exact) mass is 266 g/mol. The molecule has 1 aromatic rings. The Kier molecular flexibility index (Phi) is 4.18. The van der Waals surface area contributed by atoms with Crippen LogP contribution in [-0.4, -0.2) is 59.3 Å². The standard InChI is InChI=1S/C12H22N6O/c1-8-14-11(16-13)5-12(15-8)18-7-10(19)4-9(18)6-17(2)3/h5,9-10,19H,4,6-7,13H2,1-3H3,(H,14,15,16). The maximum absolute atomic E-state index is 9.90. The first kappa shape index (κ1) is 14.0. The molecule has 0 spiro atoms. The number of aliphatic hydroxyl groups is 1. The molecular formula is C12H22N6O. The Morgan fingerprint density at radius 1 is 1.53 bits per heavy atom. The summed E-state index contributed by atoms with van der Waals surface area (Å²) < 4.78 is 0. The van der Waals surface area contributed by atoms with E-state index in [0.29, 0.717) is 18.2 Å². The van der Waals surface area contributed by atoms with Gasteiger partial charge < -0.3 is 20.3 Å². The molecule has 0 saturated carbocycles. The van der Waals surface area contributed by atoms with E-state index < -0.39 is 0 Å². The largest absolute Gasteiger partial charge is 0.391 e. The van der Waals surface area contributed by atoms with Crippen LogP contribution in [0.25, 0.3) is 0 Å². The smallest absolute Gasteiger partial charge is 0.145 e. The van der Waals surface area contributed by atoms with Crippen LogP contribution >= 0.6 is 0 Å². The summed E-state index contributed by atoms with van der Waals surface area (Å²) in [5.41, 5.74) is 2.55. The Labute approximate surface area is 113 Å². The maximum Gasteiger partial charge on any atom is 0.145 e. The third-order valence-electron chi connectivity index (χ3n) is 3.23. The van der Waals surface area contributed by atoms with Crippen molar-refractivity contribution >= 4 is 11.6 Å². The van der Waals surface area contributed by atoms with E-state index in [1.807, 2.05) is 27.1 Å². The lowest BCUT2D eigenvalue weighted by Gasteiger charge is -2.28. The van der Waals surface area contributed by atoms with Crippen LogP contribution in [0.15, 0.2) is 6.07 Å². The number of hydrogen-bond donors (Lipinski definition) is 3. The van der Waals surface area contributed by atoms with Crippen molar-refractivity contribution in [2.75, 3.05) is 37.5 Å². The molecule has 1 fully saturated rings. The molecule has 7 nitrogen and oxygen atoms in total. The van der Waals surface area contributed by atoms with Crippen molar-refractivity contribution in [2.45, 2.75) is 25.5 Å². The average Bonchev–Trinajstić information content (AvgIpc) is 2.68. The predicted octanol–water partition coefficient (Wildman–Crippen LogP) is -0.428. The minimum atomic E-state index is -0.311. The highest BCUT2D eigenvalue weighted by Crippen LogP contribution is 2.26. The van der Waals surface area contributed by atoms with Crippen molar-refractivity contribution in [3.05, 3.63) is 11.9 Å². The van der Waals surface area contributed by atoms with Crippen LogP contribution in [-0.2, 0) is 0 Å². The quantitative estimate of drug-likeness (QED) is 0.503. The van der Waals surface area contributed by atoms with Crippen molar-refractivity contribution in [1.29, 1.82) is 0 Å². The molecule has 7 heteroatoms. The van der Waals surface area contributed by atoms with Gasteiger partial charge in [-0.2, -0.15) is 0 Å². The van der Waals surface area contributed by atoms with E-state index >= 15 is 0 Å². The SMILES string of the molecule is Cc1nc(NN)cc(N2CC(O)CC2CN(C)C)n1. The molecule has 2 heterocycles. The fourth-order valence-electron chi connectivity index (χ4n) is 2.54. The highest BCUT2D eigenvalue weighted by Gasteiger charge is 2.32. The van der Waals surface area contributed by atoms with E-state index in [1.54, 1.807) is 0 Å². The highest BCUT2D eigenvalue weighted by atomic mass is 16.3. The summed E-state index contributed by atoms with van der Waals surface area (Å²) in [5.74, 6) is 7.47. The molecule has 1 saturated heterocycles. The molecule has 19 heavy (non-hydrogen) atoms. The van der Waals surface area contributed by atoms with E-state index in [2.05, 4.69) is 25.2 Å². The van der Waals surface area contributed by atoms with Crippen molar-refractivity contribution in [1.82, 2.24) is 14.9 Å². The molecule has 2 atom stereocenters. The number of nitrogens with one attached hydrogen (secondary N) is 1. The number of rotatable bonds is 4. The molecule has 106 valence electrons. The van der Waals surface area contributed by atoms with Crippen molar-refractivity contribution in [3.63, 3.8) is 0 Å². The molecular weight excluding hydrogens is 244 g/mol. The number of anilines is 2. The molecule has 1 aromatic heterocycles. The number of aliphatic hydroxyl groups excluding tert-OH is 1. The minimum Gasteiger partial charge on any atom is -0.391 e. The summed E-state index contributed by atoms with van der Waals surface area (Å²) in [7, 11) is 4.06. The number of nitrogens with zero attached hydrogens (tertiary/aromatic N) is 4. The number of β-amino-alcohol motifs (C(OH)–C–C–N with tert-alkyl or cyclic N) is 1. The number of hydrazine groups is 1. The fourth-order valence-corrected chi connectivity index (χ4v) is 2.54. The molecule has 0 aromatic carbocycles. The van der Waals surface area contributed by atoms with E-state index in [0.717, 1.165) is 18.8 Å². The topological polar surface area (TPSA) is 90.5 Å². The van der Waals surface area contributed by atoms with Gasteiger partial charge in [-0.3, -0.25) is 0 Å². The van der Waals surface area contributed by atoms with Gasteiger partial charge in [0, 0.05) is 25.2 Å². The molecule has 1 aliphatic rings. The van der Waals surface area contributed by atoms with Crippen LogP contribution in [0.4, 0.5) is 11.6 Å². The molecule has 0 amide bonds. The maximum atomic E-state index is 9.90. The van der Waals surface area contributed by atoms with E-state index in [1.165, 1.54) is 0 Å². The number of nitrogens with two attached hydrogens (primary N) is 1. The van der Waals surface area contributed by atoms with Crippen LogP contribution in [0.2, 0.25) is 0 Å². The van der Waals surface area contributed by atoms with E-state index in [4.69, 9.17) is 5.84 Å². The van der Waals surface area contributed by atoms with Crippen LogP contribution in [0.5, 0.6) is 0 Å². The van der Waals surface area contributed by atoms with Gasteiger partial charge in [-0.05, 0) is 27.4 Å². The van der Waals surface area contributed by atoms with Crippen molar-refractivity contribution < 1.29 is 5.11 Å². The summed E-state index contributed by atoms with van der Waals surface area (Å²) >= 11 is 0. The van der Waals surface area contributed by atoms with Crippen LogP contribution < -0.4 is 16.2 Å². The third-order valence-corrected chi connectivity index (χ3v) is 3.23. The second kappa shape index (κ2) is 5.68. The molecule has 0 bridgehead atoms. The number of aromatic nitrogens is 2. The first-order valence-corrected chi connectivity index (χ1v) is 6.41. The first-order chi connectivity index (χ1) is 8.99. The second-order valence-corrected chi connectivity index (χ2v) is 5.26. The van der Waals surface area contributed by atoms with Gasteiger partial charge in [0.15, 0.2) is 0 Å². The normalized spacial score (nSPS) is 23.2. The molecule has 1 aliphatic heterocycles. The first-order valence-electron chi connectivity index (χ1n) is 6.41. The number of likely N-dealkylation sites (N-methyl/N-ethyl adjacent to an activating group) is 1. The van der Waals surface area contributed by atoms with Gasteiger partial charge in [0.2, 0.25) is 0 Å². The van der Waals surface area contributed by atoms with Gasteiger partial charge in [-0.25, -0.2) is 15.8 Å². The Bertz CT molecular complexity index is 438. The Hall–Kier alpha value is -1.44. The van der Waals surface area contributed by atoms with Crippen molar-refractivity contribution in [2.24, 2.45) is 5.84 Å². The van der Waals surface area contributed by atoms with E-state index in [-0.39, 0.29) is 12.1 Å². The minimum absolute atomic E-state index is 0.255. The number of aryl methyl sites for hydroxylation is 1. The summed E-state index contributed by atoms with van der Waals surface area (Å²) in [6, 6.07) is 2.07. The molecule has 0 aliphatic carbocycles. The van der Waals surface area contributed by atoms with E-state index in [9.17, 15) is 5.11 Å². The Morgan fingerprint density at radius 2 is 2.26 bits per heavy atom. The molecule has 2 rings (SSSR count). The molecule has 0 radical (unpaired) electrons. The van der Waals surface area contributed by atoms with Crippen LogP contribution in [0.1, 0.15) is 12.2 Å². The fraction of sp³-hybridized carbons (Fsp3) is 0.667. The lowest BCUT2D eigenvalue weighted by atomic mass is 10.2. The lowest BCUT2D eigenvalue weighted by Crippen LogP contribution is -2.38. The molecule has 2 unspecified atom stereocenters. The summed E-state index contributed by atoms with van der Waals surface area (Å²) in [6.07, 6.45) is 0.446. The van der Waals surface area contributed by atoms with Crippen molar-refractivity contribution in [3.8, 4) is 0 Å². The average molecular weight is 266 g/mol. The highest BCUT2D eigenvalue weighted by molar-refractivity contribution is 5.50. The van der Waals surface area contributed by atoms with Crippen LogP contribution in [0, 0.1) is 6.92 Å². The van der Waals surface area contributed by atoms with Gasteiger partial charge in [0.1, 0.15) is 17.5 Å². The Balaban J connectivity index is 2.25. The zero-order valence-corrected chi connectivity index (χ0v) is 11.7. The summed E-state index contributed by atoms with van der Waals surface area (Å²) in [5, 5.41) is 9.90. The summed E-state index contributed by atoms with van der Waals surface area (Å²) in [4.78, 5) is 12.9. The van der Waals surface area contributed by atoms with Gasteiger partial charge in [0.05, 0.1) is 6.10 Å². The van der Waals surface area contributed by atoms with Gasteiger partial charge >= 0.3 is 0 Å². The predicted molar refractivity (Wildman–Crippen MR) is 74.9 cm³/mol. The van der Waals surface area contributed by atoms with Gasteiger partial charge in [-0.1, -0.05) is 0 Å². The van der Waals surface area contributed by atoms with Gasteiger partial charge in [-0.15, -0.1) is 0 Å². The number of nitrogen functional groups attached to an aromatic ring is 1. The third kappa shape index (κ3) is 3.31. The number of hydrogen-bond acceptors (Lipinski definition) is 7.